The molecule has 0 aromatic rings. The van der Waals surface area contributed by atoms with Gasteiger partial charge in [0.15, 0.2) is 0 Å². The summed E-state index contributed by atoms with van der Waals surface area (Å²) in [5.74, 6) is 1.48. The number of carbonyl (C=O) groups is 2. The molecule has 2 rings (SSSR count). The second-order valence-corrected chi connectivity index (χ2v) is 6.43. The highest BCUT2D eigenvalue weighted by molar-refractivity contribution is 7.99. The molecule has 1 saturated carbocycles. The van der Waals surface area contributed by atoms with Gasteiger partial charge in [-0.1, -0.05) is 0 Å². The zero-order chi connectivity index (χ0) is 13.8. The Bertz CT molecular complexity index is 347. The Labute approximate surface area is 118 Å². The van der Waals surface area contributed by atoms with E-state index in [1.165, 1.54) is 12.8 Å². The van der Waals surface area contributed by atoms with Crippen LogP contribution in [0.5, 0.6) is 0 Å². The molecule has 1 unspecified atom stereocenters. The number of rotatable bonds is 5. The average molecular weight is 286 g/mol. The normalized spacial score (nSPS) is 23.2. The first-order chi connectivity index (χ1) is 9.11. The molecule has 1 aliphatic carbocycles. The van der Waals surface area contributed by atoms with Gasteiger partial charge in [-0.15, -0.1) is 0 Å². The lowest BCUT2D eigenvalue weighted by Gasteiger charge is -2.38. The summed E-state index contributed by atoms with van der Waals surface area (Å²) >= 11 is 1.74. The Morgan fingerprint density at radius 3 is 2.74 bits per heavy atom. The van der Waals surface area contributed by atoms with Gasteiger partial charge in [0.05, 0.1) is 12.5 Å². The van der Waals surface area contributed by atoms with Crippen molar-refractivity contribution in [2.75, 3.05) is 31.1 Å². The molecule has 5 nitrogen and oxygen atoms in total. The molecule has 0 aromatic carbocycles. The molecule has 6 heteroatoms. The van der Waals surface area contributed by atoms with Crippen LogP contribution < -0.4 is 0 Å². The van der Waals surface area contributed by atoms with E-state index in [9.17, 15) is 9.59 Å². The Morgan fingerprint density at radius 1 is 1.42 bits per heavy atom. The molecule has 108 valence electrons. The lowest BCUT2D eigenvalue weighted by Crippen LogP contribution is -2.52. The Kier molecular flexibility index (Phi) is 4.96. The number of aliphatic carboxylic acids is 1. The van der Waals surface area contributed by atoms with Crippen LogP contribution in [0.1, 0.15) is 26.2 Å². The van der Waals surface area contributed by atoms with Crippen LogP contribution in [-0.2, 0) is 4.79 Å². The van der Waals surface area contributed by atoms with Crippen molar-refractivity contribution in [3.63, 3.8) is 0 Å². The summed E-state index contributed by atoms with van der Waals surface area (Å²) in [6, 6.07) is -0.127. The van der Waals surface area contributed by atoms with E-state index < -0.39 is 5.97 Å². The van der Waals surface area contributed by atoms with E-state index in [1.807, 2.05) is 11.8 Å². The maximum atomic E-state index is 12.5. The fourth-order valence-corrected chi connectivity index (χ4v) is 3.48. The largest absolute Gasteiger partial charge is 0.481 e. The molecule has 1 aliphatic heterocycles. The highest BCUT2D eigenvalue weighted by Crippen LogP contribution is 2.30. The average Bonchev–Trinajstić information content (AvgIpc) is 3.19. The first-order valence-corrected chi connectivity index (χ1v) is 8.12. The summed E-state index contributed by atoms with van der Waals surface area (Å²) in [7, 11) is 0. The van der Waals surface area contributed by atoms with Crippen molar-refractivity contribution in [3.8, 4) is 0 Å². The predicted octanol–water partition coefficient (Wildman–Crippen LogP) is 1.73. The molecular formula is C13H22N2O3S. The molecule has 2 aliphatic rings. The maximum absolute atomic E-state index is 12.5. The van der Waals surface area contributed by atoms with Crippen LogP contribution in [0.15, 0.2) is 0 Å². The SMILES string of the molecule is CCN(CC1CC1)C(=O)N1CCSCC1CC(=O)O. The second kappa shape index (κ2) is 6.50. The molecule has 1 N–H and O–H groups in total. The summed E-state index contributed by atoms with van der Waals surface area (Å²) in [5, 5.41) is 8.96. The van der Waals surface area contributed by atoms with Gasteiger partial charge in [-0.2, -0.15) is 11.8 Å². The van der Waals surface area contributed by atoms with Crippen molar-refractivity contribution in [2.45, 2.75) is 32.2 Å². The van der Waals surface area contributed by atoms with Crippen molar-refractivity contribution in [1.29, 1.82) is 0 Å². The Hall–Kier alpha value is -0.910. The molecule has 1 saturated heterocycles. The Morgan fingerprint density at radius 2 is 2.16 bits per heavy atom. The van der Waals surface area contributed by atoms with E-state index in [2.05, 4.69) is 0 Å². The number of amides is 2. The first-order valence-electron chi connectivity index (χ1n) is 6.97. The molecule has 1 heterocycles. The summed E-state index contributed by atoms with van der Waals surface area (Å²) in [6.45, 7) is 4.20. The van der Waals surface area contributed by atoms with Crippen LogP contribution >= 0.6 is 11.8 Å². The fourth-order valence-electron chi connectivity index (χ4n) is 2.41. The van der Waals surface area contributed by atoms with Crippen LogP contribution in [0.2, 0.25) is 0 Å². The van der Waals surface area contributed by atoms with Crippen LogP contribution in [0.25, 0.3) is 0 Å². The van der Waals surface area contributed by atoms with Gasteiger partial charge in [0.2, 0.25) is 0 Å². The van der Waals surface area contributed by atoms with Crippen molar-refractivity contribution < 1.29 is 14.7 Å². The molecule has 2 fully saturated rings. The quantitative estimate of drug-likeness (QED) is 0.836. The van der Waals surface area contributed by atoms with E-state index in [1.54, 1.807) is 16.7 Å². The second-order valence-electron chi connectivity index (χ2n) is 5.28. The van der Waals surface area contributed by atoms with Crippen LogP contribution in [-0.4, -0.2) is 64.1 Å². The lowest BCUT2D eigenvalue weighted by atomic mass is 10.2. The third kappa shape index (κ3) is 4.03. The highest BCUT2D eigenvalue weighted by atomic mass is 32.2. The van der Waals surface area contributed by atoms with Crippen LogP contribution in [0.4, 0.5) is 4.79 Å². The molecule has 0 radical (unpaired) electrons. The molecule has 0 bridgehead atoms. The number of carbonyl (C=O) groups excluding carboxylic acids is 1. The summed E-state index contributed by atoms with van der Waals surface area (Å²) < 4.78 is 0. The van der Waals surface area contributed by atoms with Gasteiger partial charge in [-0.25, -0.2) is 4.79 Å². The van der Waals surface area contributed by atoms with Crippen molar-refractivity contribution in [1.82, 2.24) is 9.80 Å². The van der Waals surface area contributed by atoms with Gasteiger partial charge < -0.3 is 14.9 Å². The van der Waals surface area contributed by atoms with Gasteiger partial charge in [-0.3, -0.25) is 4.79 Å². The molecule has 0 aromatic heterocycles. The number of hydrogen-bond donors (Lipinski definition) is 1. The van der Waals surface area contributed by atoms with E-state index in [0.717, 1.165) is 18.1 Å². The Balaban J connectivity index is 1.98. The van der Waals surface area contributed by atoms with Gasteiger partial charge in [-0.05, 0) is 25.7 Å². The third-order valence-electron chi connectivity index (χ3n) is 3.71. The summed E-state index contributed by atoms with van der Waals surface area (Å²) in [6.07, 6.45) is 2.50. The van der Waals surface area contributed by atoms with E-state index in [-0.39, 0.29) is 18.5 Å². The van der Waals surface area contributed by atoms with Crippen LogP contribution in [0, 0.1) is 5.92 Å². The van der Waals surface area contributed by atoms with E-state index in [0.29, 0.717) is 19.0 Å². The van der Waals surface area contributed by atoms with E-state index >= 15 is 0 Å². The summed E-state index contributed by atoms with van der Waals surface area (Å²) in [4.78, 5) is 27.1. The molecule has 2 amide bonds. The number of nitrogens with zero attached hydrogens (tertiary/aromatic N) is 2. The molecule has 1 atom stereocenters. The zero-order valence-corrected chi connectivity index (χ0v) is 12.2. The van der Waals surface area contributed by atoms with Gasteiger partial charge in [0.1, 0.15) is 0 Å². The number of thioether (sulfide) groups is 1. The monoisotopic (exact) mass is 286 g/mol. The van der Waals surface area contributed by atoms with Gasteiger partial charge in [0, 0.05) is 31.1 Å². The highest BCUT2D eigenvalue weighted by Gasteiger charge is 2.33. The predicted molar refractivity (Wildman–Crippen MR) is 75.4 cm³/mol. The fraction of sp³-hybridized carbons (Fsp3) is 0.846. The van der Waals surface area contributed by atoms with Crippen LogP contribution in [0.3, 0.4) is 0 Å². The topological polar surface area (TPSA) is 60.9 Å². The van der Waals surface area contributed by atoms with Crippen molar-refractivity contribution in [2.24, 2.45) is 5.92 Å². The third-order valence-corrected chi connectivity index (χ3v) is 4.80. The minimum Gasteiger partial charge on any atom is -0.481 e. The summed E-state index contributed by atoms with van der Waals surface area (Å²) in [5.41, 5.74) is 0. The number of carboxylic acids is 1. The van der Waals surface area contributed by atoms with E-state index in [4.69, 9.17) is 5.11 Å². The molecular weight excluding hydrogens is 264 g/mol. The number of hydrogen-bond acceptors (Lipinski definition) is 3. The first kappa shape index (κ1) is 14.5. The lowest BCUT2D eigenvalue weighted by molar-refractivity contribution is -0.138. The van der Waals surface area contributed by atoms with Crippen molar-refractivity contribution >= 4 is 23.8 Å². The van der Waals surface area contributed by atoms with Gasteiger partial charge in [0.25, 0.3) is 0 Å². The number of urea groups is 1. The molecule has 0 spiro atoms. The zero-order valence-electron chi connectivity index (χ0n) is 11.4. The maximum Gasteiger partial charge on any atom is 0.320 e. The number of carboxylic acid groups (broad SMARTS) is 1. The molecule has 19 heavy (non-hydrogen) atoms. The standard InChI is InChI=1S/C13H22N2O3S/c1-2-14(8-10-3-4-10)13(18)15-5-6-19-9-11(15)7-12(16)17/h10-11H,2-9H2,1H3,(H,16,17). The van der Waals surface area contributed by atoms with Crippen molar-refractivity contribution in [3.05, 3.63) is 0 Å². The minimum absolute atomic E-state index is 0.0287. The minimum atomic E-state index is -0.824. The van der Waals surface area contributed by atoms with Gasteiger partial charge >= 0.3 is 12.0 Å². The smallest absolute Gasteiger partial charge is 0.320 e.